The van der Waals surface area contributed by atoms with Crippen LogP contribution in [0.4, 0.5) is 0 Å². The van der Waals surface area contributed by atoms with Crippen molar-refractivity contribution in [2.24, 2.45) is 5.92 Å². The first-order valence-electron chi connectivity index (χ1n) is 9.13. The molecule has 4 nitrogen and oxygen atoms in total. The van der Waals surface area contributed by atoms with Crippen molar-refractivity contribution in [1.29, 1.82) is 0 Å². The standard InChI is InChI=1S/C22H24N2O2/c1-14(25)15-5-4-6-16(9-15)17-7-8-19-20(10-17)22(26)24(3)12-18-11-23(2)13-21(18)19/h4-10,18,21H,11-13H2,1-3H3/t18-,21?/m0/s1. The van der Waals surface area contributed by atoms with Crippen molar-refractivity contribution in [3.05, 3.63) is 59.2 Å². The van der Waals surface area contributed by atoms with Gasteiger partial charge in [0, 0.05) is 43.7 Å². The molecule has 26 heavy (non-hydrogen) atoms. The molecule has 0 bridgehead atoms. The molecule has 1 unspecified atom stereocenters. The second-order valence-electron chi connectivity index (χ2n) is 7.71. The minimum atomic E-state index is 0.0502. The van der Waals surface area contributed by atoms with Gasteiger partial charge >= 0.3 is 0 Å². The molecule has 0 aliphatic carbocycles. The zero-order valence-electron chi connectivity index (χ0n) is 15.5. The summed E-state index contributed by atoms with van der Waals surface area (Å²) in [6.45, 7) is 4.41. The summed E-state index contributed by atoms with van der Waals surface area (Å²) < 4.78 is 0. The van der Waals surface area contributed by atoms with Gasteiger partial charge in [-0.15, -0.1) is 0 Å². The fourth-order valence-corrected chi connectivity index (χ4v) is 4.43. The van der Waals surface area contributed by atoms with E-state index in [1.807, 2.05) is 42.3 Å². The zero-order chi connectivity index (χ0) is 18.4. The van der Waals surface area contributed by atoms with Crippen molar-refractivity contribution in [2.45, 2.75) is 12.8 Å². The van der Waals surface area contributed by atoms with E-state index in [4.69, 9.17) is 0 Å². The summed E-state index contributed by atoms with van der Waals surface area (Å²) >= 11 is 0. The van der Waals surface area contributed by atoms with Gasteiger partial charge in [-0.25, -0.2) is 0 Å². The molecule has 2 aliphatic heterocycles. The van der Waals surface area contributed by atoms with Gasteiger partial charge in [0.25, 0.3) is 5.91 Å². The molecule has 134 valence electrons. The molecule has 1 fully saturated rings. The number of rotatable bonds is 2. The topological polar surface area (TPSA) is 40.6 Å². The second kappa shape index (κ2) is 6.36. The molecule has 1 saturated heterocycles. The normalized spacial score (nSPS) is 22.7. The third kappa shape index (κ3) is 2.84. The lowest BCUT2D eigenvalue weighted by Crippen LogP contribution is -2.31. The lowest BCUT2D eigenvalue weighted by molar-refractivity contribution is 0.0781. The van der Waals surface area contributed by atoms with Gasteiger partial charge in [-0.05, 0) is 48.7 Å². The molecule has 2 atom stereocenters. The first-order valence-corrected chi connectivity index (χ1v) is 9.13. The Kier molecular flexibility index (Phi) is 4.16. The predicted molar refractivity (Wildman–Crippen MR) is 103 cm³/mol. The maximum atomic E-state index is 13.0. The van der Waals surface area contributed by atoms with Crippen molar-refractivity contribution in [1.82, 2.24) is 9.80 Å². The van der Waals surface area contributed by atoms with Crippen molar-refractivity contribution in [3.63, 3.8) is 0 Å². The van der Waals surface area contributed by atoms with Crippen LogP contribution in [-0.4, -0.2) is 55.2 Å². The van der Waals surface area contributed by atoms with Gasteiger partial charge in [0.2, 0.25) is 0 Å². The van der Waals surface area contributed by atoms with Crippen molar-refractivity contribution in [3.8, 4) is 11.1 Å². The Bertz CT molecular complexity index is 889. The van der Waals surface area contributed by atoms with Crippen LogP contribution in [0, 0.1) is 5.92 Å². The number of fused-ring (bicyclic) bond motifs is 3. The Morgan fingerprint density at radius 2 is 1.77 bits per heavy atom. The summed E-state index contributed by atoms with van der Waals surface area (Å²) in [7, 11) is 4.05. The van der Waals surface area contributed by atoms with E-state index < -0.39 is 0 Å². The molecule has 0 aromatic heterocycles. The highest BCUT2D eigenvalue weighted by Crippen LogP contribution is 2.38. The molecule has 2 heterocycles. The molecule has 0 spiro atoms. The van der Waals surface area contributed by atoms with Gasteiger partial charge in [-0.1, -0.05) is 30.3 Å². The smallest absolute Gasteiger partial charge is 0.253 e. The van der Waals surface area contributed by atoms with Gasteiger partial charge in [-0.3, -0.25) is 9.59 Å². The van der Waals surface area contributed by atoms with Gasteiger partial charge in [0.05, 0.1) is 0 Å². The van der Waals surface area contributed by atoms with Gasteiger partial charge in [0.1, 0.15) is 0 Å². The SMILES string of the molecule is CC(=O)c1cccc(-c2ccc3c(c2)C(=O)N(C)C[C@@H]2CN(C)CC32)c1. The summed E-state index contributed by atoms with van der Waals surface area (Å²) in [5.74, 6) is 1.04. The number of ketones is 1. The molecular weight excluding hydrogens is 324 g/mol. The number of Topliss-reactive ketones (excluding diaryl/α,β-unsaturated/α-hetero) is 1. The first-order chi connectivity index (χ1) is 12.4. The minimum Gasteiger partial charge on any atom is -0.341 e. The van der Waals surface area contributed by atoms with Crippen LogP contribution in [0.3, 0.4) is 0 Å². The third-order valence-electron chi connectivity index (χ3n) is 5.76. The molecule has 0 N–H and O–H groups in total. The Morgan fingerprint density at radius 1 is 1.00 bits per heavy atom. The van der Waals surface area contributed by atoms with Gasteiger partial charge < -0.3 is 9.80 Å². The predicted octanol–water partition coefficient (Wildman–Crippen LogP) is 3.29. The highest BCUT2D eigenvalue weighted by atomic mass is 16.2. The average Bonchev–Trinajstić information content (AvgIpc) is 2.96. The number of hydrogen-bond donors (Lipinski definition) is 0. The summed E-state index contributed by atoms with van der Waals surface area (Å²) in [6, 6.07) is 13.8. The van der Waals surface area contributed by atoms with Crippen LogP contribution in [-0.2, 0) is 0 Å². The fraction of sp³-hybridized carbons (Fsp3) is 0.364. The maximum absolute atomic E-state index is 13.0. The highest BCUT2D eigenvalue weighted by Gasteiger charge is 2.38. The summed E-state index contributed by atoms with van der Waals surface area (Å²) in [4.78, 5) is 28.9. The Balaban J connectivity index is 1.80. The summed E-state index contributed by atoms with van der Waals surface area (Å²) in [5.41, 5.74) is 4.62. The van der Waals surface area contributed by atoms with Crippen molar-refractivity contribution in [2.75, 3.05) is 33.7 Å². The molecular formula is C22H24N2O2. The monoisotopic (exact) mass is 348 g/mol. The van der Waals surface area contributed by atoms with Crippen LogP contribution in [0.5, 0.6) is 0 Å². The Hall–Kier alpha value is -2.46. The maximum Gasteiger partial charge on any atom is 0.253 e. The van der Waals surface area contributed by atoms with Crippen LogP contribution in [0.25, 0.3) is 11.1 Å². The van der Waals surface area contributed by atoms with Crippen LogP contribution in [0.1, 0.15) is 39.1 Å². The minimum absolute atomic E-state index is 0.0502. The summed E-state index contributed by atoms with van der Waals surface area (Å²) in [5, 5.41) is 0. The van der Waals surface area contributed by atoms with E-state index >= 15 is 0 Å². The lowest BCUT2D eigenvalue weighted by Gasteiger charge is -2.19. The Labute approximate surface area is 154 Å². The molecule has 0 radical (unpaired) electrons. The van der Waals surface area contributed by atoms with E-state index in [2.05, 4.69) is 24.1 Å². The highest BCUT2D eigenvalue weighted by molar-refractivity contribution is 5.98. The van der Waals surface area contributed by atoms with Crippen LogP contribution in [0.15, 0.2) is 42.5 Å². The number of likely N-dealkylation sites (N-methyl/N-ethyl adjacent to an activating group) is 1. The van der Waals surface area contributed by atoms with Crippen molar-refractivity contribution >= 4 is 11.7 Å². The van der Waals surface area contributed by atoms with E-state index in [-0.39, 0.29) is 11.7 Å². The van der Waals surface area contributed by atoms with Crippen LogP contribution in [0.2, 0.25) is 0 Å². The van der Waals surface area contributed by atoms with Gasteiger partial charge in [0.15, 0.2) is 5.78 Å². The number of hydrogen-bond acceptors (Lipinski definition) is 3. The van der Waals surface area contributed by atoms with E-state index in [1.54, 1.807) is 6.92 Å². The molecule has 2 aromatic carbocycles. The average molecular weight is 348 g/mol. The van der Waals surface area contributed by atoms with E-state index in [1.165, 1.54) is 5.56 Å². The molecule has 4 heteroatoms. The molecule has 0 saturated carbocycles. The zero-order valence-corrected chi connectivity index (χ0v) is 15.5. The second-order valence-corrected chi connectivity index (χ2v) is 7.71. The van der Waals surface area contributed by atoms with E-state index in [0.717, 1.165) is 36.3 Å². The molecule has 2 aliphatic rings. The number of benzene rings is 2. The van der Waals surface area contributed by atoms with Crippen LogP contribution >= 0.6 is 0 Å². The van der Waals surface area contributed by atoms with Gasteiger partial charge in [-0.2, -0.15) is 0 Å². The molecule has 2 aromatic rings. The van der Waals surface area contributed by atoms with E-state index in [9.17, 15) is 9.59 Å². The van der Waals surface area contributed by atoms with Crippen molar-refractivity contribution < 1.29 is 9.59 Å². The largest absolute Gasteiger partial charge is 0.341 e. The summed E-state index contributed by atoms with van der Waals surface area (Å²) in [6.07, 6.45) is 0. The fourth-order valence-electron chi connectivity index (χ4n) is 4.43. The molecule has 4 rings (SSSR count). The number of amides is 1. The third-order valence-corrected chi connectivity index (χ3v) is 5.76. The number of likely N-dealkylation sites (tertiary alicyclic amines) is 1. The number of carbonyl (C=O) groups excluding carboxylic acids is 2. The van der Waals surface area contributed by atoms with E-state index in [0.29, 0.717) is 17.4 Å². The number of nitrogens with zero attached hydrogens (tertiary/aromatic N) is 2. The lowest BCUT2D eigenvalue weighted by atomic mass is 9.86. The molecule has 1 amide bonds. The quantitative estimate of drug-likeness (QED) is 0.782. The van der Waals surface area contributed by atoms with Crippen LogP contribution < -0.4 is 0 Å². The Morgan fingerprint density at radius 3 is 2.54 bits per heavy atom. The number of carbonyl (C=O) groups is 2. The first kappa shape index (κ1) is 17.0.